The Hall–Kier alpha value is -0.810. The van der Waals surface area contributed by atoms with Crippen molar-refractivity contribution in [1.82, 2.24) is 9.78 Å². The van der Waals surface area contributed by atoms with Gasteiger partial charge in [-0.15, -0.1) is 11.3 Å². The first-order chi connectivity index (χ1) is 7.69. The van der Waals surface area contributed by atoms with E-state index in [4.69, 9.17) is 0 Å². The highest BCUT2D eigenvalue weighted by molar-refractivity contribution is 9.10. The Morgan fingerprint density at radius 2 is 2.38 bits per heavy atom. The predicted octanol–water partition coefficient (Wildman–Crippen LogP) is 3.65. The summed E-state index contributed by atoms with van der Waals surface area (Å²) in [5.74, 6) is 0. The molecule has 0 aliphatic heterocycles. The highest BCUT2D eigenvalue weighted by atomic mass is 79.9. The van der Waals surface area contributed by atoms with E-state index < -0.39 is 0 Å². The molecule has 3 nitrogen and oxygen atoms in total. The lowest BCUT2D eigenvalue weighted by molar-refractivity contribution is 0.660. The normalized spacial score (nSPS) is 10.7. The summed E-state index contributed by atoms with van der Waals surface area (Å²) in [6.45, 7) is 5.96. The quantitative estimate of drug-likeness (QED) is 0.934. The Kier molecular flexibility index (Phi) is 3.66. The van der Waals surface area contributed by atoms with Crippen LogP contribution in [0.2, 0.25) is 0 Å². The van der Waals surface area contributed by atoms with Gasteiger partial charge in [-0.05, 0) is 35.8 Å². The summed E-state index contributed by atoms with van der Waals surface area (Å²) in [5.41, 5.74) is 1.07. The van der Waals surface area contributed by atoms with Crippen molar-refractivity contribution < 1.29 is 0 Å². The lowest BCUT2D eigenvalue weighted by Gasteiger charge is -1.99. The molecule has 0 aliphatic rings. The van der Waals surface area contributed by atoms with Crippen molar-refractivity contribution in [2.75, 3.05) is 5.32 Å². The Balaban J connectivity index is 1.96. The second-order valence-corrected chi connectivity index (χ2v) is 5.75. The number of aromatic nitrogens is 2. The molecule has 0 unspecified atom stereocenters. The van der Waals surface area contributed by atoms with E-state index in [9.17, 15) is 0 Å². The summed E-state index contributed by atoms with van der Waals surface area (Å²) < 4.78 is 3.11. The highest BCUT2D eigenvalue weighted by Gasteiger charge is 2.03. The van der Waals surface area contributed by atoms with Crippen LogP contribution in [-0.4, -0.2) is 9.78 Å². The van der Waals surface area contributed by atoms with Gasteiger partial charge in [0.15, 0.2) is 0 Å². The van der Waals surface area contributed by atoms with Gasteiger partial charge in [-0.2, -0.15) is 5.10 Å². The van der Waals surface area contributed by atoms with Crippen molar-refractivity contribution in [3.8, 4) is 0 Å². The summed E-state index contributed by atoms with van der Waals surface area (Å²) >= 11 is 5.33. The number of hydrogen-bond donors (Lipinski definition) is 1. The summed E-state index contributed by atoms with van der Waals surface area (Å²) in [4.78, 5) is 2.65. The Labute approximate surface area is 108 Å². The van der Waals surface area contributed by atoms with Crippen LogP contribution in [-0.2, 0) is 13.1 Å². The fraction of sp³-hybridized carbons (Fsp3) is 0.364. The van der Waals surface area contributed by atoms with Gasteiger partial charge in [0.05, 0.1) is 11.9 Å². The zero-order valence-corrected chi connectivity index (χ0v) is 11.7. The van der Waals surface area contributed by atoms with E-state index in [0.717, 1.165) is 18.8 Å². The molecule has 0 aromatic carbocycles. The van der Waals surface area contributed by atoms with Crippen LogP contribution in [0.3, 0.4) is 0 Å². The fourth-order valence-electron chi connectivity index (χ4n) is 1.42. The van der Waals surface area contributed by atoms with E-state index in [-0.39, 0.29) is 0 Å². The summed E-state index contributed by atoms with van der Waals surface area (Å²) in [7, 11) is 0. The van der Waals surface area contributed by atoms with Gasteiger partial charge < -0.3 is 5.32 Å². The monoisotopic (exact) mass is 299 g/mol. The van der Waals surface area contributed by atoms with Crippen LogP contribution >= 0.6 is 27.3 Å². The molecule has 0 aliphatic carbocycles. The van der Waals surface area contributed by atoms with Crippen molar-refractivity contribution in [2.45, 2.75) is 26.9 Å². The van der Waals surface area contributed by atoms with E-state index in [1.54, 1.807) is 0 Å². The van der Waals surface area contributed by atoms with Crippen molar-refractivity contribution >= 4 is 33.0 Å². The van der Waals surface area contributed by atoms with Gasteiger partial charge in [-0.25, -0.2) is 0 Å². The van der Waals surface area contributed by atoms with Gasteiger partial charge in [0, 0.05) is 33.5 Å². The SMILES string of the molecule is CCn1cc(NCc2cc(Br)c(C)s2)cn1. The molecule has 0 saturated heterocycles. The molecular weight excluding hydrogens is 286 g/mol. The first kappa shape index (κ1) is 11.7. The van der Waals surface area contributed by atoms with Crippen LogP contribution in [0.5, 0.6) is 0 Å². The van der Waals surface area contributed by atoms with Gasteiger partial charge in [0.2, 0.25) is 0 Å². The van der Waals surface area contributed by atoms with Crippen LogP contribution in [0.4, 0.5) is 5.69 Å². The second kappa shape index (κ2) is 5.01. The van der Waals surface area contributed by atoms with Gasteiger partial charge in [0.1, 0.15) is 0 Å². The maximum atomic E-state index is 4.22. The van der Waals surface area contributed by atoms with E-state index in [2.05, 4.69) is 46.3 Å². The van der Waals surface area contributed by atoms with E-state index in [1.807, 2.05) is 28.4 Å². The molecule has 2 rings (SSSR count). The summed E-state index contributed by atoms with van der Waals surface area (Å²) in [6, 6.07) is 2.16. The summed E-state index contributed by atoms with van der Waals surface area (Å²) in [5, 5.41) is 7.58. The minimum absolute atomic E-state index is 0.854. The molecule has 1 N–H and O–H groups in total. The smallest absolute Gasteiger partial charge is 0.0729 e. The minimum atomic E-state index is 0.854. The number of hydrogen-bond acceptors (Lipinski definition) is 3. The lowest BCUT2D eigenvalue weighted by Crippen LogP contribution is -1.96. The number of rotatable bonds is 4. The van der Waals surface area contributed by atoms with E-state index >= 15 is 0 Å². The molecule has 2 heterocycles. The van der Waals surface area contributed by atoms with Crippen molar-refractivity contribution in [3.63, 3.8) is 0 Å². The second-order valence-electron chi connectivity index (χ2n) is 3.56. The Bertz CT molecular complexity index is 456. The van der Waals surface area contributed by atoms with Gasteiger partial charge in [-0.3, -0.25) is 4.68 Å². The van der Waals surface area contributed by atoms with Crippen LogP contribution in [0.15, 0.2) is 22.9 Å². The highest BCUT2D eigenvalue weighted by Crippen LogP contribution is 2.26. The maximum Gasteiger partial charge on any atom is 0.0729 e. The number of anilines is 1. The topological polar surface area (TPSA) is 29.9 Å². The third-order valence-electron chi connectivity index (χ3n) is 2.33. The van der Waals surface area contributed by atoms with Crippen LogP contribution in [0.1, 0.15) is 16.7 Å². The maximum absolute atomic E-state index is 4.22. The molecule has 5 heteroatoms. The first-order valence-electron chi connectivity index (χ1n) is 5.20. The van der Waals surface area contributed by atoms with Crippen molar-refractivity contribution in [1.29, 1.82) is 0 Å². The average Bonchev–Trinajstić information content (AvgIpc) is 2.84. The van der Waals surface area contributed by atoms with E-state index in [1.165, 1.54) is 14.2 Å². The molecule has 0 bridgehead atoms. The van der Waals surface area contributed by atoms with Crippen molar-refractivity contribution in [2.24, 2.45) is 0 Å². The number of nitrogens with zero attached hydrogens (tertiary/aromatic N) is 2. The molecular formula is C11H14BrN3S. The van der Waals surface area contributed by atoms with Crippen LogP contribution < -0.4 is 5.32 Å². The number of halogens is 1. The zero-order chi connectivity index (χ0) is 11.5. The van der Waals surface area contributed by atoms with Crippen LogP contribution in [0.25, 0.3) is 0 Å². The number of nitrogens with one attached hydrogen (secondary N) is 1. The third-order valence-corrected chi connectivity index (χ3v) is 4.47. The number of aryl methyl sites for hydroxylation is 2. The lowest BCUT2D eigenvalue weighted by atomic mass is 10.4. The molecule has 0 fully saturated rings. The number of thiophene rings is 1. The predicted molar refractivity (Wildman–Crippen MR) is 72.0 cm³/mol. The molecule has 0 saturated carbocycles. The minimum Gasteiger partial charge on any atom is -0.378 e. The first-order valence-corrected chi connectivity index (χ1v) is 6.81. The Morgan fingerprint density at radius 3 is 2.94 bits per heavy atom. The molecule has 2 aromatic rings. The largest absolute Gasteiger partial charge is 0.378 e. The molecule has 0 radical (unpaired) electrons. The standard InChI is InChI=1S/C11H14BrN3S/c1-3-15-7-9(5-14-15)13-6-10-4-11(12)8(2)16-10/h4-5,7,13H,3,6H2,1-2H3. The van der Waals surface area contributed by atoms with Gasteiger partial charge in [-0.1, -0.05) is 0 Å². The van der Waals surface area contributed by atoms with Crippen molar-refractivity contribution in [3.05, 3.63) is 32.7 Å². The van der Waals surface area contributed by atoms with Gasteiger partial charge in [0.25, 0.3) is 0 Å². The third kappa shape index (κ3) is 2.65. The molecule has 2 aromatic heterocycles. The molecule has 86 valence electrons. The molecule has 0 spiro atoms. The van der Waals surface area contributed by atoms with E-state index in [0.29, 0.717) is 0 Å². The average molecular weight is 300 g/mol. The molecule has 0 amide bonds. The summed E-state index contributed by atoms with van der Waals surface area (Å²) in [6.07, 6.45) is 3.88. The van der Waals surface area contributed by atoms with Gasteiger partial charge >= 0.3 is 0 Å². The molecule has 16 heavy (non-hydrogen) atoms. The zero-order valence-electron chi connectivity index (χ0n) is 9.33. The molecule has 0 atom stereocenters. The fourth-order valence-corrected chi connectivity index (χ4v) is 2.96. The Morgan fingerprint density at radius 1 is 1.56 bits per heavy atom. The van der Waals surface area contributed by atoms with Crippen LogP contribution in [0, 0.1) is 6.92 Å².